The maximum absolute atomic E-state index is 12.2. The second kappa shape index (κ2) is 6.68. The summed E-state index contributed by atoms with van der Waals surface area (Å²) in [6, 6.07) is 8.18. The van der Waals surface area contributed by atoms with Crippen LogP contribution in [0.25, 0.3) is 0 Å². The summed E-state index contributed by atoms with van der Waals surface area (Å²) in [6.07, 6.45) is 2.28. The van der Waals surface area contributed by atoms with E-state index in [4.69, 9.17) is 0 Å². The number of halogens is 1. The third-order valence-corrected chi connectivity index (χ3v) is 5.24. The average Bonchev–Trinajstić information content (AvgIpc) is 3.16. The van der Waals surface area contributed by atoms with Crippen LogP contribution in [-0.2, 0) is 6.54 Å². The zero-order chi connectivity index (χ0) is 14.7. The van der Waals surface area contributed by atoms with Crippen molar-refractivity contribution in [2.24, 2.45) is 0 Å². The number of amides is 1. The lowest BCUT2D eigenvalue weighted by Crippen LogP contribution is -2.23. The number of nitrogens with zero attached hydrogens (tertiary/aromatic N) is 1. The molecule has 1 saturated heterocycles. The zero-order valence-corrected chi connectivity index (χ0v) is 13.8. The third-order valence-electron chi connectivity index (χ3n) is 3.51. The fourth-order valence-corrected chi connectivity index (χ4v) is 3.69. The van der Waals surface area contributed by atoms with E-state index in [1.807, 2.05) is 29.6 Å². The molecule has 0 spiro atoms. The third kappa shape index (κ3) is 3.51. The van der Waals surface area contributed by atoms with E-state index in [0.717, 1.165) is 28.0 Å². The highest BCUT2D eigenvalue weighted by Crippen LogP contribution is 2.25. The number of aromatic nitrogens is 1. The van der Waals surface area contributed by atoms with Crippen LogP contribution >= 0.6 is 27.3 Å². The molecule has 2 heterocycles. The molecule has 4 nitrogen and oxygen atoms in total. The largest absolute Gasteiger partial charge is 0.347 e. The van der Waals surface area contributed by atoms with Gasteiger partial charge < -0.3 is 10.6 Å². The first-order chi connectivity index (χ1) is 10.2. The summed E-state index contributed by atoms with van der Waals surface area (Å²) in [4.78, 5) is 16.6. The van der Waals surface area contributed by atoms with Gasteiger partial charge >= 0.3 is 0 Å². The highest BCUT2D eigenvalue weighted by Gasteiger charge is 2.21. The molecule has 2 aromatic rings. The van der Waals surface area contributed by atoms with Crippen LogP contribution in [0.5, 0.6) is 0 Å². The molecule has 1 aromatic carbocycles. The van der Waals surface area contributed by atoms with Crippen LogP contribution in [0, 0.1) is 0 Å². The maximum Gasteiger partial charge on any atom is 0.271 e. The van der Waals surface area contributed by atoms with Crippen LogP contribution in [0.15, 0.2) is 34.1 Å². The molecule has 1 amide bonds. The van der Waals surface area contributed by atoms with E-state index in [1.54, 1.807) is 11.3 Å². The summed E-state index contributed by atoms with van der Waals surface area (Å²) >= 11 is 5.03. The van der Waals surface area contributed by atoms with Gasteiger partial charge in [0.15, 0.2) is 0 Å². The molecule has 1 aliphatic rings. The molecule has 21 heavy (non-hydrogen) atoms. The van der Waals surface area contributed by atoms with Gasteiger partial charge in [-0.2, -0.15) is 0 Å². The fourth-order valence-electron chi connectivity index (χ4n) is 2.36. The number of rotatable bonds is 4. The minimum absolute atomic E-state index is 0.119. The van der Waals surface area contributed by atoms with Crippen molar-refractivity contribution in [3.05, 3.63) is 50.4 Å². The Kier molecular flexibility index (Phi) is 4.67. The van der Waals surface area contributed by atoms with Crippen LogP contribution in [0.4, 0.5) is 0 Å². The molecule has 0 bridgehead atoms. The minimum atomic E-state index is -0.119. The normalized spacial score (nSPS) is 17.9. The van der Waals surface area contributed by atoms with E-state index in [1.165, 1.54) is 6.42 Å². The Balaban J connectivity index is 1.62. The predicted molar refractivity (Wildman–Crippen MR) is 87.4 cm³/mol. The quantitative estimate of drug-likeness (QED) is 0.874. The molecule has 0 aliphatic carbocycles. The number of carbonyl (C=O) groups excluding carboxylic acids is 1. The Bertz CT molecular complexity index is 637. The first-order valence-corrected chi connectivity index (χ1v) is 8.62. The van der Waals surface area contributed by atoms with E-state index in [9.17, 15) is 4.79 Å². The van der Waals surface area contributed by atoms with Crippen molar-refractivity contribution in [3.8, 4) is 0 Å². The number of hydrogen-bond acceptors (Lipinski definition) is 4. The van der Waals surface area contributed by atoms with Crippen LogP contribution in [0.3, 0.4) is 0 Å². The predicted octanol–water partition coefficient (Wildman–Crippen LogP) is 3.26. The number of benzene rings is 1. The van der Waals surface area contributed by atoms with Crippen molar-refractivity contribution in [2.75, 3.05) is 6.54 Å². The molecule has 1 atom stereocenters. The lowest BCUT2D eigenvalue weighted by Gasteiger charge is -2.06. The Hall–Kier alpha value is -1.24. The van der Waals surface area contributed by atoms with E-state index >= 15 is 0 Å². The van der Waals surface area contributed by atoms with Gasteiger partial charge in [-0.25, -0.2) is 4.98 Å². The summed E-state index contributed by atoms with van der Waals surface area (Å²) in [5, 5.41) is 9.17. The van der Waals surface area contributed by atoms with Crippen molar-refractivity contribution in [2.45, 2.75) is 25.4 Å². The van der Waals surface area contributed by atoms with Crippen molar-refractivity contribution < 1.29 is 4.79 Å². The van der Waals surface area contributed by atoms with Crippen molar-refractivity contribution >= 4 is 33.2 Å². The first-order valence-electron chi connectivity index (χ1n) is 6.94. The first kappa shape index (κ1) is 14.7. The Morgan fingerprint density at radius 1 is 1.48 bits per heavy atom. The molecule has 2 N–H and O–H groups in total. The van der Waals surface area contributed by atoms with Crippen LogP contribution < -0.4 is 10.6 Å². The van der Waals surface area contributed by atoms with Gasteiger partial charge in [-0.05, 0) is 31.0 Å². The number of hydrogen-bond donors (Lipinski definition) is 2. The Morgan fingerprint density at radius 2 is 2.33 bits per heavy atom. The fraction of sp³-hybridized carbons (Fsp3) is 0.333. The average molecular weight is 366 g/mol. The van der Waals surface area contributed by atoms with Crippen molar-refractivity contribution in [3.63, 3.8) is 0 Å². The van der Waals surface area contributed by atoms with Gasteiger partial charge in [0, 0.05) is 16.4 Å². The molecule has 1 fully saturated rings. The smallest absolute Gasteiger partial charge is 0.271 e. The van der Waals surface area contributed by atoms with E-state index < -0.39 is 0 Å². The molecule has 6 heteroatoms. The van der Waals surface area contributed by atoms with Crippen LogP contribution in [-0.4, -0.2) is 17.4 Å². The second-order valence-electron chi connectivity index (χ2n) is 4.99. The van der Waals surface area contributed by atoms with Crippen molar-refractivity contribution in [1.29, 1.82) is 0 Å². The van der Waals surface area contributed by atoms with Gasteiger partial charge in [0.25, 0.3) is 5.91 Å². The maximum atomic E-state index is 12.2. The number of carbonyl (C=O) groups is 1. The molecule has 1 aromatic heterocycles. The zero-order valence-electron chi connectivity index (χ0n) is 11.4. The minimum Gasteiger partial charge on any atom is -0.347 e. The van der Waals surface area contributed by atoms with Crippen molar-refractivity contribution in [1.82, 2.24) is 15.6 Å². The lowest BCUT2D eigenvalue weighted by atomic mass is 10.2. The molecule has 3 rings (SSSR count). The molecule has 1 aliphatic heterocycles. The van der Waals surface area contributed by atoms with Gasteiger partial charge in [-0.15, -0.1) is 11.3 Å². The number of thiazole rings is 1. The summed E-state index contributed by atoms with van der Waals surface area (Å²) in [5.41, 5.74) is 1.56. The van der Waals surface area contributed by atoms with Gasteiger partial charge in [0.2, 0.25) is 0 Å². The highest BCUT2D eigenvalue weighted by atomic mass is 79.9. The lowest BCUT2D eigenvalue weighted by molar-refractivity contribution is 0.0946. The van der Waals surface area contributed by atoms with E-state index in [0.29, 0.717) is 18.3 Å². The highest BCUT2D eigenvalue weighted by molar-refractivity contribution is 9.10. The van der Waals surface area contributed by atoms with Gasteiger partial charge in [-0.1, -0.05) is 34.1 Å². The van der Waals surface area contributed by atoms with E-state index in [-0.39, 0.29) is 5.91 Å². The van der Waals surface area contributed by atoms with Gasteiger partial charge in [0.05, 0.1) is 6.04 Å². The molecular formula is C15H16BrN3OS. The molecule has 1 unspecified atom stereocenters. The van der Waals surface area contributed by atoms with Gasteiger partial charge in [-0.3, -0.25) is 4.79 Å². The SMILES string of the molecule is O=C(NCc1ccccc1Br)c1csc(C2CCCN2)n1. The summed E-state index contributed by atoms with van der Waals surface area (Å²) in [5.74, 6) is -0.119. The summed E-state index contributed by atoms with van der Waals surface area (Å²) < 4.78 is 0.999. The standard InChI is InChI=1S/C15H16BrN3OS/c16-11-5-2-1-4-10(11)8-18-14(20)13-9-21-15(19-13)12-6-3-7-17-12/h1-2,4-5,9,12,17H,3,6-8H2,(H,18,20). The summed E-state index contributed by atoms with van der Waals surface area (Å²) in [6.45, 7) is 1.53. The Labute approximate surface area is 136 Å². The van der Waals surface area contributed by atoms with E-state index in [2.05, 4.69) is 31.5 Å². The monoisotopic (exact) mass is 365 g/mol. The Morgan fingerprint density at radius 3 is 3.10 bits per heavy atom. The molecule has 110 valence electrons. The summed E-state index contributed by atoms with van der Waals surface area (Å²) in [7, 11) is 0. The van der Waals surface area contributed by atoms with Gasteiger partial charge in [0.1, 0.15) is 10.7 Å². The van der Waals surface area contributed by atoms with Crippen LogP contribution in [0.2, 0.25) is 0 Å². The second-order valence-corrected chi connectivity index (χ2v) is 6.74. The topological polar surface area (TPSA) is 54.0 Å². The van der Waals surface area contributed by atoms with Crippen LogP contribution in [0.1, 0.15) is 39.9 Å². The molecular weight excluding hydrogens is 350 g/mol. The number of nitrogens with one attached hydrogen (secondary N) is 2. The molecule has 0 radical (unpaired) electrons. The molecule has 0 saturated carbocycles.